The smallest absolute Gasteiger partial charge is 0.122 e. The number of aliphatic hydroxyl groups excluding tert-OH is 1. The second kappa shape index (κ2) is 5.25. The SMILES string of the molecule is CCCC(OC)c1nc2c(s1)CCCC2O. The van der Waals surface area contributed by atoms with Crippen molar-refractivity contribution in [2.45, 2.75) is 51.2 Å². The lowest BCUT2D eigenvalue weighted by Gasteiger charge is -2.14. The number of aliphatic hydroxyl groups is 1. The first-order valence-corrected chi connectivity index (χ1v) is 6.78. The highest BCUT2D eigenvalue weighted by Crippen LogP contribution is 2.36. The summed E-state index contributed by atoms with van der Waals surface area (Å²) in [5.74, 6) is 0. The Morgan fingerprint density at radius 1 is 1.62 bits per heavy atom. The maximum atomic E-state index is 9.86. The highest BCUT2D eigenvalue weighted by Gasteiger charge is 2.25. The van der Waals surface area contributed by atoms with Gasteiger partial charge in [-0.25, -0.2) is 4.98 Å². The molecule has 0 amide bonds. The molecule has 0 saturated carbocycles. The van der Waals surface area contributed by atoms with E-state index in [9.17, 15) is 5.11 Å². The maximum Gasteiger partial charge on any atom is 0.122 e. The molecule has 0 bridgehead atoms. The van der Waals surface area contributed by atoms with Gasteiger partial charge >= 0.3 is 0 Å². The second-order valence-corrected chi connectivity index (χ2v) is 5.40. The van der Waals surface area contributed by atoms with Crippen LogP contribution >= 0.6 is 11.3 Å². The van der Waals surface area contributed by atoms with E-state index in [-0.39, 0.29) is 12.2 Å². The molecular formula is C12H19NO2S. The largest absolute Gasteiger partial charge is 0.387 e. The molecule has 1 heterocycles. The zero-order valence-electron chi connectivity index (χ0n) is 9.90. The molecule has 90 valence electrons. The monoisotopic (exact) mass is 241 g/mol. The molecule has 0 saturated heterocycles. The van der Waals surface area contributed by atoms with Crippen molar-refractivity contribution in [1.82, 2.24) is 4.98 Å². The van der Waals surface area contributed by atoms with Crippen LogP contribution in [0, 0.1) is 0 Å². The molecule has 0 aromatic carbocycles. The van der Waals surface area contributed by atoms with Crippen LogP contribution in [-0.4, -0.2) is 17.2 Å². The molecule has 0 aliphatic heterocycles. The van der Waals surface area contributed by atoms with Crippen molar-refractivity contribution < 1.29 is 9.84 Å². The Labute approximate surface area is 100 Å². The quantitative estimate of drug-likeness (QED) is 0.881. The lowest BCUT2D eigenvalue weighted by atomic mass is 10.0. The molecule has 3 nitrogen and oxygen atoms in total. The van der Waals surface area contributed by atoms with Crippen LogP contribution in [0.2, 0.25) is 0 Å². The average Bonchev–Trinajstić information content (AvgIpc) is 2.71. The minimum Gasteiger partial charge on any atom is -0.387 e. The molecule has 0 spiro atoms. The molecule has 16 heavy (non-hydrogen) atoms. The summed E-state index contributed by atoms with van der Waals surface area (Å²) in [6.07, 6.45) is 4.82. The van der Waals surface area contributed by atoms with Gasteiger partial charge in [0, 0.05) is 12.0 Å². The fraction of sp³-hybridized carbons (Fsp3) is 0.750. The van der Waals surface area contributed by atoms with E-state index in [1.54, 1.807) is 18.4 Å². The molecule has 2 rings (SSSR count). The van der Waals surface area contributed by atoms with E-state index in [1.165, 1.54) is 4.88 Å². The summed E-state index contributed by atoms with van der Waals surface area (Å²) in [5, 5.41) is 10.9. The highest BCUT2D eigenvalue weighted by molar-refractivity contribution is 7.11. The molecule has 1 aromatic heterocycles. The Kier molecular flexibility index (Phi) is 3.95. The van der Waals surface area contributed by atoms with E-state index < -0.39 is 0 Å². The van der Waals surface area contributed by atoms with Gasteiger partial charge in [-0.05, 0) is 25.7 Å². The molecule has 0 fully saturated rings. The van der Waals surface area contributed by atoms with Gasteiger partial charge in [0.2, 0.25) is 0 Å². The van der Waals surface area contributed by atoms with Crippen LogP contribution in [-0.2, 0) is 11.2 Å². The van der Waals surface area contributed by atoms with Crippen molar-refractivity contribution in [3.8, 4) is 0 Å². The summed E-state index contributed by atoms with van der Waals surface area (Å²) in [4.78, 5) is 5.82. The lowest BCUT2D eigenvalue weighted by molar-refractivity contribution is 0.0937. The Morgan fingerprint density at radius 2 is 2.44 bits per heavy atom. The number of aromatic nitrogens is 1. The van der Waals surface area contributed by atoms with Crippen molar-refractivity contribution in [2.24, 2.45) is 0 Å². The van der Waals surface area contributed by atoms with E-state index in [0.717, 1.165) is 42.8 Å². The number of aryl methyl sites for hydroxylation is 1. The molecule has 4 heteroatoms. The Bertz CT molecular complexity index is 351. The topological polar surface area (TPSA) is 42.4 Å². The number of hydrogen-bond donors (Lipinski definition) is 1. The van der Waals surface area contributed by atoms with Crippen LogP contribution in [0.4, 0.5) is 0 Å². The Balaban J connectivity index is 2.22. The molecular weight excluding hydrogens is 222 g/mol. The summed E-state index contributed by atoms with van der Waals surface area (Å²) >= 11 is 1.72. The first kappa shape index (κ1) is 12.0. The minimum absolute atomic E-state index is 0.104. The fourth-order valence-corrected chi connectivity index (χ4v) is 3.43. The van der Waals surface area contributed by atoms with Crippen molar-refractivity contribution in [3.05, 3.63) is 15.6 Å². The van der Waals surface area contributed by atoms with Gasteiger partial charge < -0.3 is 9.84 Å². The minimum atomic E-state index is -0.354. The van der Waals surface area contributed by atoms with Gasteiger partial charge in [-0.3, -0.25) is 0 Å². The number of fused-ring (bicyclic) bond motifs is 1. The summed E-state index contributed by atoms with van der Waals surface area (Å²) in [6, 6.07) is 0. The predicted molar refractivity (Wildman–Crippen MR) is 64.7 cm³/mol. The van der Waals surface area contributed by atoms with Gasteiger partial charge in [-0.15, -0.1) is 11.3 Å². The number of thiazole rings is 1. The van der Waals surface area contributed by atoms with Crippen LogP contribution < -0.4 is 0 Å². The Hall–Kier alpha value is -0.450. The first-order valence-electron chi connectivity index (χ1n) is 5.96. The predicted octanol–water partition coefficient (Wildman–Crippen LogP) is 3.00. The van der Waals surface area contributed by atoms with E-state index in [1.807, 2.05) is 0 Å². The standard InChI is InChI=1S/C12H19NO2S/c1-3-5-9(15-2)12-13-11-8(14)6-4-7-10(11)16-12/h8-9,14H,3-7H2,1-2H3. The van der Waals surface area contributed by atoms with Gasteiger partial charge in [0.25, 0.3) is 0 Å². The fourth-order valence-electron chi connectivity index (χ4n) is 2.16. The molecule has 1 aliphatic carbocycles. The second-order valence-electron chi connectivity index (χ2n) is 4.28. The molecule has 1 N–H and O–H groups in total. The van der Waals surface area contributed by atoms with Crippen molar-refractivity contribution in [2.75, 3.05) is 7.11 Å². The van der Waals surface area contributed by atoms with Crippen LogP contribution in [0.5, 0.6) is 0 Å². The number of hydrogen-bond acceptors (Lipinski definition) is 4. The van der Waals surface area contributed by atoms with Crippen LogP contribution in [0.3, 0.4) is 0 Å². The number of nitrogens with zero attached hydrogens (tertiary/aromatic N) is 1. The first-order chi connectivity index (χ1) is 7.76. The van der Waals surface area contributed by atoms with Gasteiger partial charge in [-0.2, -0.15) is 0 Å². The van der Waals surface area contributed by atoms with Crippen LogP contribution in [0.1, 0.15) is 60.4 Å². The summed E-state index contributed by atoms with van der Waals surface area (Å²) in [6.45, 7) is 2.15. The molecule has 0 radical (unpaired) electrons. The van der Waals surface area contributed by atoms with Crippen molar-refractivity contribution in [1.29, 1.82) is 0 Å². The zero-order chi connectivity index (χ0) is 11.5. The average molecular weight is 241 g/mol. The maximum absolute atomic E-state index is 9.86. The third kappa shape index (κ3) is 2.29. The molecule has 2 atom stereocenters. The molecule has 2 unspecified atom stereocenters. The van der Waals surface area contributed by atoms with Crippen molar-refractivity contribution >= 4 is 11.3 Å². The van der Waals surface area contributed by atoms with Gasteiger partial charge in [0.05, 0.1) is 11.8 Å². The van der Waals surface area contributed by atoms with E-state index in [4.69, 9.17) is 4.74 Å². The zero-order valence-corrected chi connectivity index (χ0v) is 10.7. The third-order valence-corrected chi connectivity index (χ3v) is 4.27. The highest BCUT2D eigenvalue weighted by atomic mass is 32.1. The lowest BCUT2D eigenvalue weighted by Crippen LogP contribution is -2.07. The molecule has 1 aliphatic rings. The summed E-state index contributed by atoms with van der Waals surface area (Å²) in [7, 11) is 1.73. The normalized spacial score (nSPS) is 21.8. The van der Waals surface area contributed by atoms with Crippen LogP contribution in [0.25, 0.3) is 0 Å². The van der Waals surface area contributed by atoms with E-state index in [2.05, 4.69) is 11.9 Å². The van der Waals surface area contributed by atoms with Crippen molar-refractivity contribution in [3.63, 3.8) is 0 Å². The summed E-state index contributed by atoms with van der Waals surface area (Å²) in [5.41, 5.74) is 0.907. The van der Waals surface area contributed by atoms with Gasteiger partial charge in [0.15, 0.2) is 0 Å². The van der Waals surface area contributed by atoms with Gasteiger partial charge in [-0.1, -0.05) is 13.3 Å². The Morgan fingerprint density at radius 3 is 3.06 bits per heavy atom. The van der Waals surface area contributed by atoms with E-state index in [0.29, 0.717) is 0 Å². The summed E-state index contributed by atoms with van der Waals surface area (Å²) < 4.78 is 5.46. The number of rotatable bonds is 4. The number of ether oxygens (including phenoxy) is 1. The van der Waals surface area contributed by atoms with E-state index >= 15 is 0 Å². The third-order valence-electron chi connectivity index (χ3n) is 3.05. The van der Waals surface area contributed by atoms with Gasteiger partial charge in [0.1, 0.15) is 11.1 Å². The molecule has 1 aromatic rings. The van der Waals surface area contributed by atoms with Crippen LogP contribution in [0.15, 0.2) is 0 Å². The number of methoxy groups -OCH3 is 1.